The summed E-state index contributed by atoms with van der Waals surface area (Å²) >= 11 is 5.95. The van der Waals surface area contributed by atoms with Crippen LogP contribution in [0.2, 0.25) is 0 Å². The number of amidine groups is 1. The zero-order valence-electron chi connectivity index (χ0n) is 12.0. The number of rotatable bonds is 3. The van der Waals surface area contributed by atoms with Crippen molar-refractivity contribution in [2.75, 3.05) is 6.61 Å². The predicted molar refractivity (Wildman–Crippen MR) is 79.6 cm³/mol. The van der Waals surface area contributed by atoms with Crippen molar-refractivity contribution in [1.82, 2.24) is 5.32 Å². The van der Waals surface area contributed by atoms with Gasteiger partial charge < -0.3 is 10.1 Å². The minimum atomic E-state index is -0.673. The van der Waals surface area contributed by atoms with Crippen molar-refractivity contribution < 1.29 is 13.9 Å². The third-order valence-corrected chi connectivity index (χ3v) is 3.50. The molecule has 1 heterocycles. The standard InChI is InChI=1S/C15H16ClFN2O2/c1-4-21-14(20)12-9(3)18-15(16)19-13(12)10-6-5-7-11(17)8(10)2/h5-7,13H,4H2,1-3H3,(H,18,19)/t13-/m0/s1. The summed E-state index contributed by atoms with van der Waals surface area (Å²) in [6.07, 6.45) is 0. The molecule has 4 nitrogen and oxygen atoms in total. The zero-order chi connectivity index (χ0) is 15.6. The van der Waals surface area contributed by atoms with Crippen molar-refractivity contribution in [2.45, 2.75) is 26.8 Å². The van der Waals surface area contributed by atoms with E-state index in [1.807, 2.05) is 0 Å². The van der Waals surface area contributed by atoms with E-state index in [1.54, 1.807) is 32.9 Å². The molecule has 0 saturated heterocycles. The summed E-state index contributed by atoms with van der Waals surface area (Å²) < 4.78 is 18.8. The number of esters is 1. The molecule has 0 radical (unpaired) electrons. The molecular formula is C15H16ClFN2O2. The predicted octanol–water partition coefficient (Wildman–Crippen LogP) is 3.21. The molecule has 0 amide bonds. The summed E-state index contributed by atoms with van der Waals surface area (Å²) in [4.78, 5) is 16.4. The molecule has 112 valence electrons. The van der Waals surface area contributed by atoms with Gasteiger partial charge in [0.25, 0.3) is 0 Å². The average Bonchev–Trinajstić information content (AvgIpc) is 2.41. The van der Waals surface area contributed by atoms with E-state index in [4.69, 9.17) is 16.3 Å². The molecule has 0 bridgehead atoms. The van der Waals surface area contributed by atoms with Crippen molar-refractivity contribution >= 4 is 22.9 Å². The molecule has 21 heavy (non-hydrogen) atoms. The largest absolute Gasteiger partial charge is 0.463 e. The number of hydrogen-bond donors (Lipinski definition) is 1. The quantitative estimate of drug-likeness (QED) is 0.689. The highest BCUT2D eigenvalue weighted by molar-refractivity contribution is 6.65. The van der Waals surface area contributed by atoms with E-state index in [2.05, 4.69) is 10.3 Å². The summed E-state index contributed by atoms with van der Waals surface area (Å²) in [5.74, 6) is -0.831. The Morgan fingerprint density at radius 1 is 1.48 bits per heavy atom. The van der Waals surface area contributed by atoms with Crippen LogP contribution in [0.15, 0.2) is 34.5 Å². The lowest BCUT2D eigenvalue weighted by atomic mass is 9.93. The Bertz CT molecular complexity index is 641. The van der Waals surface area contributed by atoms with Gasteiger partial charge in [-0.1, -0.05) is 12.1 Å². The summed E-state index contributed by atoms with van der Waals surface area (Å²) in [5.41, 5.74) is 1.93. The topological polar surface area (TPSA) is 50.7 Å². The molecule has 1 atom stereocenters. The molecule has 0 aromatic heterocycles. The van der Waals surface area contributed by atoms with Gasteiger partial charge in [0.05, 0.1) is 12.2 Å². The molecule has 1 N–H and O–H groups in total. The van der Waals surface area contributed by atoms with Crippen LogP contribution in [0.25, 0.3) is 0 Å². The molecule has 6 heteroatoms. The van der Waals surface area contributed by atoms with Gasteiger partial charge in [0.15, 0.2) is 5.29 Å². The lowest BCUT2D eigenvalue weighted by molar-refractivity contribution is -0.138. The summed E-state index contributed by atoms with van der Waals surface area (Å²) in [6, 6.07) is 4.01. The Hall–Kier alpha value is -1.88. The van der Waals surface area contributed by atoms with E-state index >= 15 is 0 Å². The maximum atomic E-state index is 13.8. The van der Waals surface area contributed by atoms with E-state index in [9.17, 15) is 9.18 Å². The second-order valence-corrected chi connectivity index (χ2v) is 5.02. The Balaban J connectivity index is 2.54. The second-order valence-electron chi connectivity index (χ2n) is 4.66. The lowest BCUT2D eigenvalue weighted by Crippen LogP contribution is -2.29. The van der Waals surface area contributed by atoms with Crippen LogP contribution in [0.4, 0.5) is 4.39 Å². The van der Waals surface area contributed by atoms with Gasteiger partial charge in [-0.2, -0.15) is 0 Å². The molecule has 1 aromatic rings. The summed E-state index contributed by atoms with van der Waals surface area (Å²) in [7, 11) is 0. The Labute approximate surface area is 127 Å². The van der Waals surface area contributed by atoms with Gasteiger partial charge in [-0.05, 0) is 49.6 Å². The third kappa shape index (κ3) is 3.08. The van der Waals surface area contributed by atoms with Gasteiger partial charge in [0.1, 0.15) is 11.9 Å². The fourth-order valence-electron chi connectivity index (χ4n) is 2.26. The first-order chi connectivity index (χ1) is 9.95. The SMILES string of the molecule is CCOC(=O)C1=C(C)NC(Cl)=N[C@H]1c1cccc(F)c1C. The molecule has 0 fully saturated rings. The minimum absolute atomic E-state index is 0.161. The first kappa shape index (κ1) is 15.5. The number of aliphatic imine (C=N–C) groups is 1. The normalized spacial score (nSPS) is 18.1. The van der Waals surface area contributed by atoms with E-state index < -0.39 is 12.0 Å². The van der Waals surface area contributed by atoms with Crippen LogP contribution >= 0.6 is 11.6 Å². The molecule has 1 aromatic carbocycles. The van der Waals surface area contributed by atoms with Gasteiger partial charge in [-0.3, -0.25) is 0 Å². The molecule has 2 rings (SSSR count). The van der Waals surface area contributed by atoms with E-state index in [1.165, 1.54) is 6.07 Å². The van der Waals surface area contributed by atoms with Gasteiger partial charge in [-0.25, -0.2) is 14.2 Å². The lowest BCUT2D eigenvalue weighted by Gasteiger charge is -2.25. The second kappa shape index (κ2) is 6.26. The molecule has 0 unspecified atom stereocenters. The molecular weight excluding hydrogens is 295 g/mol. The van der Waals surface area contributed by atoms with Crippen LogP contribution in [0.3, 0.4) is 0 Å². The highest BCUT2D eigenvalue weighted by Crippen LogP contribution is 2.34. The number of ether oxygens (including phenoxy) is 1. The summed E-state index contributed by atoms with van der Waals surface area (Å²) in [6.45, 7) is 5.34. The van der Waals surface area contributed by atoms with Crippen molar-refractivity contribution in [3.05, 3.63) is 46.4 Å². The fourth-order valence-corrected chi connectivity index (χ4v) is 2.50. The highest BCUT2D eigenvalue weighted by atomic mass is 35.5. The monoisotopic (exact) mass is 310 g/mol. The number of carbonyl (C=O) groups is 1. The molecule has 1 aliphatic heterocycles. The Morgan fingerprint density at radius 3 is 2.86 bits per heavy atom. The number of benzene rings is 1. The maximum absolute atomic E-state index is 13.8. The van der Waals surface area contributed by atoms with E-state index in [0.29, 0.717) is 22.4 Å². The van der Waals surface area contributed by atoms with Crippen molar-refractivity contribution in [1.29, 1.82) is 0 Å². The third-order valence-electron chi connectivity index (χ3n) is 3.31. The van der Waals surface area contributed by atoms with Crippen molar-refractivity contribution in [3.8, 4) is 0 Å². The molecule has 0 spiro atoms. The average molecular weight is 311 g/mol. The highest BCUT2D eigenvalue weighted by Gasteiger charge is 2.31. The van der Waals surface area contributed by atoms with Crippen molar-refractivity contribution in [3.63, 3.8) is 0 Å². The van der Waals surface area contributed by atoms with Crippen LogP contribution in [-0.4, -0.2) is 17.9 Å². The first-order valence-electron chi connectivity index (χ1n) is 6.59. The molecule has 0 saturated carbocycles. The number of nitrogens with zero attached hydrogens (tertiary/aromatic N) is 1. The van der Waals surface area contributed by atoms with Crippen LogP contribution in [0.5, 0.6) is 0 Å². The smallest absolute Gasteiger partial charge is 0.338 e. The van der Waals surface area contributed by atoms with Crippen LogP contribution in [0.1, 0.15) is 31.0 Å². The summed E-state index contributed by atoms with van der Waals surface area (Å²) in [5, 5.41) is 2.96. The van der Waals surface area contributed by atoms with Gasteiger partial charge in [0.2, 0.25) is 0 Å². The Kier molecular flexibility index (Phi) is 4.63. The zero-order valence-corrected chi connectivity index (χ0v) is 12.8. The number of nitrogens with one attached hydrogen (secondary N) is 1. The van der Waals surface area contributed by atoms with E-state index in [-0.39, 0.29) is 17.7 Å². The van der Waals surface area contributed by atoms with Gasteiger partial charge >= 0.3 is 5.97 Å². The number of carbonyl (C=O) groups excluding carboxylic acids is 1. The number of halogens is 2. The minimum Gasteiger partial charge on any atom is -0.463 e. The molecule has 1 aliphatic rings. The van der Waals surface area contributed by atoms with Crippen LogP contribution in [-0.2, 0) is 9.53 Å². The fraction of sp³-hybridized carbons (Fsp3) is 0.333. The molecule has 0 aliphatic carbocycles. The first-order valence-corrected chi connectivity index (χ1v) is 6.96. The van der Waals surface area contributed by atoms with Gasteiger partial charge in [0, 0.05) is 5.70 Å². The Morgan fingerprint density at radius 2 is 2.19 bits per heavy atom. The number of allylic oxidation sites excluding steroid dienone is 1. The van der Waals surface area contributed by atoms with Crippen LogP contribution < -0.4 is 5.32 Å². The van der Waals surface area contributed by atoms with E-state index in [0.717, 1.165) is 0 Å². The van der Waals surface area contributed by atoms with Crippen LogP contribution in [0, 0.1) is 12.7 Å². The van der Waals surface area contributed by atoms with Gasteiger partial charge in [-0.15, -0.1) is 0 Å². The maximum Gasteiger partial charge on any atom is 0.338 e. The van der Waals surface area contributed by atoms with Crippen molar-refractivity contribution in [2.24, 2.45) is 4.99 Å². The number of hydrogen-bond acceptors (Lipinski definition) is 4.